The van der Waals surface area contributed by atoms with Crippen LogP contribution in [-0.2, 0) is 0 Å². The average Bonchev–Trinajstić information content (AvgIpc) is 2.43. The van der Waals surface area contributed by atoms with Gasteiger partial charge in [-0.2, -0.15) is 0 Å². The minimum atomic E-state index is -0.429. The smallest absolute Gasteiger partial charge is 0.119 e. The quantitative estimate of drug-likeness (QED) is 0.744. The molecule has 1 aromatic rings. The number of likely N-dealkylation sites (N-methyl/N-ethyl adjacent to an activating group) is 1. The third-order valence-electron chi connectivity index (χ3n) is 3.12. The van der Waals surface area contributed by atoms with Crippen molar-refractivity contribution in [2.24, 2.45) is 0 Å². The molecule has 0 saturated heterocycles. The highest BCUT2D eigenvalue weighted by Gasteiger charge is 2.10. The van der Waals surface area contributed by atoms with E-state index in [-0.39, 0.29) is 0 Å². The summed E-state index contributed by atoms with van der Waals surface area (Å²) in [6.07, 6.45) is 2.94. The highest BCUT2D eigenvalue weighted by molar-refractivity contribution is 5.28. The van der Waals surface area contributed by atoms with Crippen LogP contribution in [0.5, 0.6) is 5.75 Å². The molecule has 0 bridgehead atoms. The normalized spacial score (nSPS) is 12.7. The van der Waals surface area contributed by atoms with E-state index in [1.165, 1.54) is 12.8 Å². The zero-order valence-electron chi connectivity index (χ0n) is 12.4. The first kappa shape index (κ1) is 16.0. The molecule has 0 heterocycles. The molecule has 0 radical (unpaired) electrons. The Kier molecular flexibility index (Phi) is 7.53. The lowest BCUT2D eigenvalue weighted by Crippen LogP contribution is -2.25. The molecule has 1 aromatic carbocycles. The number of hydrogen-bond donors (Lipinski definition) is 1. The Morgan fingerprint density at radius 2 is 1.84 bits per heavy atom. The van der Waals surface area contributed by atoms with E-state index in [1.807, 2.05) is 24.3 Å². The van der Waals surface area contributed by atoms with Crippen LogP contribution in [0.1, 0.15) is 44.8 Å². The summed E-state index contributed by atoms with van der Waals surface area (Å²) >= 11 is 0. The molecule has 1 atom stereocenters. The molecule has 19 heavy (non-hydrogen) atoms. The number of nitrogens with zero attached hydrogens (tertiary/aromatic N) is 1. The third kappa shape index (κ3) is 6.08. The van der Waals surface area contributed by atoms with Gasteiger partial charge in [-0.15, -0.1) is 0 Å². The molecule has 3 nitrogen and oxygen atoms in total. The summed E-state index contributed by atoms with van der Waals surface area (Å²) in [5.74, 6) is 0.872. The monoisotopic (exact) mass is 265 g/mol. The summed E-state index contributed by atoms with van der Waals surface area (Å²) in [6, 6.07) is 7.76. The highest BCUT2D eigenvalue weighted by Crippen LogP contribution is 2.18. The van der Waals surface area contributed by atoms with E-state index in [0.717, 1.165) is 30.9 Å². The van der Waals surface area contributed by atoms with Crippen molar-refractivity contribution in [1.29, 1.82) is 0 Å². The maximum Gasteiger partial charge on any atom is 0.119 e. The van der Waals surface area contributed by atoms with Gasteiger partial charge in [-0.05, 0) is 44.1 Å². The number of aliphatic hydroxyl groups is 1. The second kappa shape index (κ2) is 8.94. The van der Waals surface area contributed by atoms with Crippen LogP contribution in [0.4, 0.5) is 0 Å². The van der Waals surface area contributed by atoms with E-state index in [9.17, 15) is 5.11 Å². The minimum absolute atomic E-state index is 0.429. The van der Waals surface area contributed by atoms with Crippen LogP contribution < -0.4 is 4.74 Å². The van der Waals surface area contributed by atoms with Gasteiger partial charge in [-0.3, -0.25) is 0 Å². The molecule has 3 heteroatoms. The van der Waals surface area contributed by atoms with Crippen molar-refractivity contribution >= 4 is 0 Å². The largest absolute Gasteiger partial charge is 0.494 e. The molecule has 1 rings (SSSR count). The predicted molar refractivity (Wildman–Crippen MR) is 79.6 cm³/mol. The van der Waals surface area contributed by atoms with E-state index >= 15 is 0 Å². The summed E-state index contributed by atoms with van der Waals surface area (Å²) in [6.45, 7) is 6.71. The van der Waals surface area contributed by atoms with Gasteiger partial charge in [-0.25, -0.2) is 0 Å². The Morgan fingerprint density at radius 3 is 2.42 bits per heavy atom. The van der Waals surface area contributed by atoms with Gasteiger partial charge in [0, 0.05) is 6.54 Å². The fourth-order valence-corrected chi connectivity index (χ4v) is 1.93. The summed E-state index contributed by atoms with van der Waals surface area (Å²) in [5.41, 5.74) is 0.951. The SMILES string of the molecule is CCCCN(C)CC(O)c1ccc(OCCC)cc1. The zero-order valence-corrected chi connectivity index (χ0v) is 12.4. The number of ether oxygens (including phenoxy) is 1. The van der Waals surface area contributed by atoms with Crippen molar-refractivity contribution in [2.45, 2.75) is 39.2 Å². The molecular formula is C16H27NO2. The number of aliphatic hydroxyl groups excluding tert-OH is 1. The molecule has 0 saturated carbocycles. The molecule has 0 aliphatic carbocycles. The fourth-order valence-electron chi connectivity index (χ4n) is 1.93. The first-order valence-corrected chi connectivity index (χ1v) is 7.26. The summed E-state index contributed by atoms with van der Waals surface area (Å²) in [7, 11) is 2.05. The van der Waals surface area contributed by atoms with Crippen LogP contribution in [0, 0.1) is 0 Å². The van der Waals surface area contributed by atoms with Crippen molar-refractivity contribution in [3.8, 4) is 5.75 Å². The van der Waals surface area contributed by atoms with Gasteiger partial charge in [0.1, 0.15) is 5.75 Å². The van der Waals surface area contributed by atoms with E-state index in [4.69, 9.17) is 4.74 Å². The van der Waals surface area contributed by atoms with Crippen molar-refractivity contribution in [2.75, 3.05) is 26.7 Å². The first-order chi connectivity index (χ1) is 9.17. The molecule has 0 aliphatic heterocycles. The van der Waals surface area contributed by atoms with Gasteiger partial charge in [0.15, 0.2) is 0 Å². The topological polar surface area (TPSA) is 32.7 Å². The Labute approximate surface area is 117 Å². The second-order valence-electron chi connectivity index (χ2n) is 5.05. The number of benzene rings is 1. The van der Waals surface area contributed by atoms with Gasteiger partial charge < -0.3 is 14.7 Å². The average molecular weight is 265 g/mol. The van der Waals surface area contributed by atoms with Crippen LogP contribution in [0.15, 0.2) is 24.3 Å². The maximum atomic E-state index is 10.2. The second-order valence-corrected chi connectivity index (χ2v) is 5.05. The number of hydrogen-bond acceptors (Lipinski definition) is 3. The van der Waals surface area contributed by atoms with Crippen molar-refractivity contribution in [3.63, 3.8) is 0 Å². The van der Waals surface area contributed by atoms with Crippen LogP contribution in [0.25, 0.3) is 0 Å². The molecule has 1 N–H and O–H groups in total. The van der Waals surface area contributed by atoms with Gasteiger partial charge in [-0.1, -0.05) is 32.4 Å². The van der Waals surface area contributed by atoms with Gasteiger partial charge in [0.25, 0.3) is 0 Å². The van der Waals surface area contributed by atoms with Crippen LogP contribution in [0.3, 0.4) is 0 Å². The number of unbranched alkanes of at least 4 members (excludes halogenated alkanes) is 1. The Morgan fingerprint density at radius 1 is 1.16 bits per heavy atom. The third-order valence-corrected chi connectivity index (χ3v) is 3.12. The Bertz CT molecular complexity index is 337. The molecule has 0 aromatic heterocycles. The lowest BCUT2D eigenvalue weighted by Gasteiger charge is -2.20. The maximum absolute atomic E-state index is 10.2. The van der Waals surface area contributed by atoms with Crippen LogP contribution >= 0.6 is 0 Å². The predicted octanol–water partition coefficient (Wildman–Crippen LogP) is 3.24. The van der Waals surface area contributed by atoms with Crippen LogP contribution in [0.2, 0.25) is 0 Å². The molecule has 0 amide bonds. The molecular weight excluding hydrogens is 238 g/mol. The van der Waals surface area contributed by atoms with E-state index in [0.29, 0.717) is 6.54 Å². The fraction of sp³-hybridized carbons (Fsp3) is 0.625. The standard InChI is InChI=1S/C16H27NO2/c1-4-6-11-17(3)13-16(18)14-7-9-15(10-8-14)19-12-5-2/h7-10,16,18H,4-6,11-13H2,1-3H3. The van der Waals surface area contributed by atoms with E-state index in [1.54, 1.807) is 0 Å². The van der Waals surface area contributed by atoms with Gasteiger partial charge in [0.05, 0.1) is 12.7 Å². The summed E-state index contributed by atoms with van der Waals surface area (Å²) < 4.78 is 5.53. The molecule has 1 unspecified atom stereocenters. The van der Waals surface area contributed by atoms with Crippen LogP contribution in [-0.4, -0.2) is 36.8 Å². The highest BCUT2D eigenvalue weighted by atomic mass is 16.5. The van der Waals surface area contributed by atoms with Gasteiger partial charge in [0.2, 0.25) is 0 Å². The lowest BCUT2D eigenvalue weighted by atomic mass is 10.1. The van der Waals surface area contributed by atoms with E-state index in [2.05, 4.69) is 25.8 Å². The summed E-state index contributed by atoms with van der Waals surface area (Å²) in [4.78, 5) is 2.18. The molecule has 0 fully saturated rings. The first-order valence-electron chi connectivity index (χ1n) is 7.26. The minimum Gasteiger partial charge on any atom is -0.494 e. The Balaban J connectivity index is 2.45. The van der Waals surface area contributed by atoms with Crippen molar-refractivity contribution in [3.05, 3.63) is 29.8 Å². The zero-order chi connectivity index (χ0) is 14.1. The van der Waals surface area contributed by atoms with Crippen molar-refractivity contribution in [1.82, 2.24) is 4.90 Å². The van der Waals surface area contributed by atoms with Gasteiger partial charge >= 0.3 is 0 Å². The molecule has 0 aliphatic rings. The number of rotatable bonds is 9. The lowest BCUT2D eigenvalue weighted by molar-refractivity contribution is 0.126. The summed E-state index contributed by atoms with van der Waals surface area (Å²) in [5, 5.41) is 10.2. The molecule has 108 valence electrons. The Hall–Kier alpha value is -1.06. The van der Waals surface area contributed by atoms with E-state index < -0.39 is 6.10 Å². The van der Waals surface area contributed by atoms with Crippen molar-refractivity contribution < 1.29 is 9.84 Å². The molecule has 0 spiro atoms.